The van der Waals surface area contributed by atoms with Gasteiger partial charge in [-0.15, -0.1) is 0 Å². The number of nitrogens with two attached hydrogens (primary N) is 1. The van der Waals surface area contributed by atoms with Gasteiger partial charge in [0.1, 0.15) is 0 Å². The summed E-state index contributed by atoms with van der Waals surface area (Å²) < 4.78 is 2.09. The Morgan fingerprint density at radius 1 is 1.18 bits per heavy atom. The lowest BCUT2D eigenvalue weighted by Crippen LogP contribution is -2.30. The van der Waals surface area contributed by atoms with Gasteiger partial charge in [0.25, 0.3) is 0 Å². The molecule has 4 nitrogen and oxygen atoms in total. The Kier molecular flexibility index (Phi) is 3.51. The second-order valence-electron chi connectivity index (χ2n) is 6.88. The molecule has 22 heavy (non-hydrogen) atoms. The molecule has 4 heteroatoms. The van der Waals surface area contributed by atoms with Crippen LogP contribution in [0.2, 0.25) is 0 Å². The highest BCUT2D eigenvalue weighted by atomic mass is 15.3. The van der Waals surface area contributed by atoms with Gasteiger partial charge in [0, 0.05) is 31.9 Å². The highest BCUT2D eigenvalue weighted by molar-refractivity contribution is 5.40. The van der Waals surface area contributed by atoms with Crippen LogP contribution in [0.4, 0.5) is 0 Å². The van der Waals surface area contributed by atoms with Gasteiger partial charge in [0.15, 0.2) is 0 Å². The molecule has 1 aromatic carbocycles. The number of rotatable bonds is 3. The molecule has 2 N–H and O–H groups in total. The van der Waals surface area contributed by atoms with E-state index in [4.69, 9.17) is 5.73 Å². The molecule has 0 amide bonds. The van der Waals surface area contributed by atoms with Crippen molar-refractivity contribution in [3.63, 3.8) is 0 Å². The third-order valence-electron chi connectivity index (χ3n) is 5.44. The van der Waals surface area contributed by atoms with Gasteiger partial charge >= 0.3 is 0 Å². The third kappa shape index (κ3) is 2.36. The average Bonchev–Trinajstić information content (AvgIpc) is 3.19. The molecular weight excluding hydrogens is 272 g/mol. The molecule has 0 bridgehead atoms. The van der Waals surface area contributed by atoms with Crippen molar-refractivity contribution in [2.75, 3.05) is 13.1 Å². The third-order valence-corrected chi connectivity index (χ3v) is 5.44. The van der Waals surface area contributed by atoms with Gasteiger partial charge in [-0.2, -0.15) is 5.10 Å². The van der Waals surface area contributed by atoms with Gasteiger partial charge in [-0.3, -0.25) is 4.90 Å². The first-order valence-electron chi connectivity index (χ1n) is 8.29. The minimum absolute atomic E-state index is 0.413. The maximum absolute atomic E-state index is 6.25. The molecule has 1 saturated carbocycles. The monoisotopic (exact) mass is 296 g/mol. The summed E-state index contributed by atoms with van der Waals surface area (Å²) in [4.78, 5) is 2.56. The fraction of sp³-hybridized carbons (Fsp3) is 0.500. The summed E-state index contributed by atoms with van der Waals surface area (Å²) in [5, 5.41) is 4.54. The van der Waals surface area contributed by atoms with E-state index in [1.165, 1.54) is 36.3 Å². The Hall–Kier alpha value is -1.65. The van der Waals surface area contributed by atoms with E-state index in [0.717, 1.165) is 19.0 Å². The lowest BCUT2D eigenvalue weighted by atomic mass is 9.98. The first-order chi connectivity index (χ1) is 10.7. The van der Waals surface area contributed by atoms with Crippen molar-refractivity contribution in [1.29, 1.82) is 0 Å². The van der Waals surface area contributed by atoms with Crippen LogP contribution in [0.5, 0.6) is 0 Å². The Balaban J connectivity index is 1.54. The number of hydrogen-bond donors (Lipinski definition) is 1. The topological polar surface area (TPSA) is 47.1 Å². The molecule has 3 atom stereocenters. The van der Waals surface area contributed by atoms with E-state index in [0.29, 0.717) is 12.0 Å². The van der Waals surface area contributed by atoms with Gasteiger partial charge in [0.05, 0.1) is 11.4 Å². The van der Waals surface area contributed by atoms with Crippen LogP contribution in [0, 0.1) is 18.8 Å². The van der Waals surface area contributed by atoms with Crippen molar-refractivity contribution in [1.82, 2.24) is 14.7 Å². The maximum atomic E-state index is 6.25. The van der Waals surface area contributed by atoms with Crippen LogP contribution in [0.1, 0.15) is 24.1 Å². The normalized spacial score (nSPS) is 28.2. The van der Waals surface area contributed by atoms with Gasteiger partial charge in [-0.1, -0.05) is 18.2 Å². The van der Waals surface area contributed by atoms with Crippen LogP contribution in [0.3, 0.4) is 0 Å². The summed E-state index contributed by atoms with van der Waals surface area (Å²) in [5.74, 6) is 1.51. The fourth-order valence-electron chi connectivity index (χ4n) is 4.23. The lowest BCUT2D eigenvalue weighted by Gasteiger charge is -2.19. The zero-order valence-corrected chi connectivity index (χ0v) is 13.2. The second-order valence-corrected chi connectivity index (χ2v) is 6.88. The predicted octanol–water partition coefficient (Wildman–Crippen LogP) is 2.35. The summed E-state index contributed by atoms with van der Waals surface area (Å²) in [5.41, 5.74) is 9.96. The number of nitrogens with zero attached hydrogens (tertiary/aromatic N) is 3. The number of aryl methyl sites for hydroxylation is 1. The first-order valence-corrected chi connectivity index (χ1v) is 8.29. The minimum atomic E-state index is 0.413. The van der Waals surface area contributed by atoms with E-state index in [1.54, 1.807) is 0 Å². The fourth-order valence-corrected chi connectivity index (χ4v) is 4.23. The van der Waals surface area contributed by atoms with E-state index in [-0.39, 0.29) is 0 Å². The smallest absolute Gasteiger partial charge is 0.0678 e. The van der Waals surface area contributed by atoms with Gasteiger partial charge in [-0.05, 0) is 49.3 Å². The first kappa shape index (κ1) is 14.0. The molecule has 0 spiro atoms. The number of para-hydroxylation sites is 1. The molecule has 4 rings (SSSR count). The van der Waals surface area contributed by atoms with Crippen molar-refractivity contribution < 1.29 is 0 Å². The molecule has 3 unspecified atom stereocenters. The van der Waals surface area contributed by atoms with Crippen LogP contribution in [0.15, 0.2) is 36.5 Å². The summed E-state index contributed by atoms with van der Waals surface area (Å²) in [6, 6.07) is 11.0. The molecular formula is C18H24N4. The van der Waals surface area contributed by atoms with Gasteiger partial charge in [0.2, 0.25) is 0 Å². The minimum Gasteiger partial charge on any atom is -0.327 e. The number of hydrogen-bond acceptors (Lipinski definition) is 3. The number of aromatic nitrogens is 2. The largest absolute Gasteiger partial charge is 0.327 e. The van der Waals surface area contributed by atoms with Gasteiger partial charge in [-0.25, -0.2) is 4.68 Å². The molecule has 1 aromatic heterocycles. The van der Waals surface area contributed by atoms with Crippen molar-refractivity contribution >= 4 is 0 Å². The Bertz CT molecular complexity index is 663. The molecule has 1 aliphatic carbocycles. The summed E-state index contributed by atoms with van der Waals surface area (Å²) in [6.45, 7) is 5.44. The molecule has 2 heterocycles. The lowest BCUT2D eigenvalue weighted by molar-refractivity contribution is 0.292. The van der Waals surface area contributed by atoms with Crippen LogP contribution >= 0.6 is 0 Å². The molecule has 2 fully saturated rings. The van der Waals surface area contributed by atoms with E-state index in [2.05, 4.69) is 51.9 Å². The van der Waals surface area contributed by atoms with E-state index in [1.807, 2.05) is 6.20 Å². The van der Waals surface area contributed by atoms with Crippen molar-refractivity contribution in [3.05, 3.63) is 47.8 Å². The molecule has 116 valence electrons. The van der Waals surface area contributed by atoms with Crippen LogP contribution in [-0.4, -0.2) is 33.8 Å². The Morgan fingerprint density at radius 3 is 2.86 bits per heavy atom. The van der Waals surface area contributed by atoms with Crippen LogP contribution in [0.25, 0.3) is 5.69 Å². The number of fused-ring (bicyclic) bond motifs is 1. The zero-order chi connectivity index (χ0) is 15.1. The average molecular weight is 296 g/mol. The molecule has 2 aliphatic rings. The Labute approximate surface area is 131 Å². The van der Waals surface area contributed by atoms with Crippen molar-refractivity contribution in [2.24, 2.45) is 17.6 Å². The number of benzene rings is 1. The maximum Gasteiger partial charge on any atom is 0.0678 e. The molecule has 1 saturated heterocycles. The SMILES string of the molecule is Cc1ccccc1-n1nccc1CN1CC2CCC(N)C2C1. The zero-order valence-electron chi connectivity index (χ0n) is 13.2. The molecule has 1 aliphatic heterocycles. The van der Waals surface area contributed by atoms with Gasteiger partial charge < -0.3 is 5.73 Å². The van der Waals surface area contributed by atoms with Crippen LogP contribution < -0.4 is 5.73 Å². The highest BCUT2D eigenvalue weighted by Gasteiger charge is 2.40. The van der Waals surface area contributed by atoms with Crippen LogP contribution in [-0.2, 0) is 6.54 Å². The van der Waals surface area contributed by atoms with Crippen molar-refractivity contribution in [2.45, 2.75) is 32.4 Å². The predicted molar refractivity (Wildman–Crippen MR) is 87.8 cm³/mol. The quantitative estimate of drug-likeness (QED) is 0.946. The summed E-state index contributed by atoms with van der Waals surface area (Å²) in [6.07, 6.45) is 4.42. The summed E-state index contributed by atoms with van der Waals surface area (Å²) in [7, 11) is 0. The summed E-state index contributed by atoms with van der Waals surface area (Å²) >= 11 is 0. The van der Waals surface area contributed by atoms with E-state index < -0.39 is 0 Å². The molecule has 0 radical (unpaired) electrons. The number of likely N-dealkylation sites (tertiary alicyclic amines) is 1. The highest BCUT2D eigenvalue weighted by Crippen LogP contribution is 2.37. The van der Waals surface area contributed by atoms with E-state index >= 15 is 0 Å². The Morgan fingerprint density at radius 2 is 2.05 bits per heavy atom. The standard InChI is InChI=1S/C18H24N4/c1-13-4-2-3-5-18(13)22-15(8-9-20-22)11-21-10-14-6-7-17(19)16(14)12-21/h2-5,8-9,14,16-17H,6-7,10-12,19H2,1H3. The second kappa shape index (κ2) is 5.52. The molecule has 2 aromatic rings. The van der Waals surface area contributed by atoms with E-state index in [9.17, 15) is 0 Å². The van der Waals surface area contributed by atoms with Crippen molar-refractivity contribution in [3.8, 4) is 5.69 Å².